The van der Waals surface area contributed by atoms with Crippen molar-refractivity contribution >= 4 is 15.9 Å². The van der Waals surface area contributed by atoms with E-state index in [-0.39, 0.29) is 5.56 Å². The van der Waals surface area contributed by atoms with Gasteiger partial charge in [-0.3, -0.25) is 0 Å². The molecular formula is C16H14BrFO2. The lowest BCUT2D eigenvalue weighted by molar-refractivity contribution is 0.213. The normalized spacial score (nSPS) is 15.9. The zero-order chi connectivity index (χ0) is 14.1. The lowest BCUT2D eigenvalue weighted by Crippen LogP contribution is -2.04. The number of benzene rings is 2. The molecule has 0 amide bonds. The molecular weight excluding hydrogens is 323 g/mol. The van der Waals surface area contributed by atoms with Crippen molar-refractivity contribution in [3.63, 3.8) is 0 Å². The number of ether oxygens (including phenoxy) is 1. The van der Waals surface area contributed by atoms with Gasteiger partial charge >= 0.3 is 0 Å². The van der Waals surface area contributed by atoms with Gasteiger partial charge in [-0.1, -0.05) is 28.1 Å². The number of aliphatic hydroxyl groups excluding tert-OH is 1. The highest BCUT2D eigenvalue weighted by atomic mass is 79.9. The minimum absolute atomic E-state index is 0.253. The molecule has 2 aromatic carbocycles. The SMILES string of the molecule is OC(c1cccc(OC2CC2)c1)c1cc(Br)ccc1F. The van der Waals surface area contributed by atoms with Crippen LogP contribution in [0.5, 0.6) is 5.75 Å². The van der Waals surface area contributed by atoms with Crippen LogP contribution in [0.4, 0.5) is 4.39 Å². The van der Waals surface area contributed by atoms with E-state index in [0.29, 0.717) is 11.7 Å². The van der Waals surface area contributed by atoms with Gasteiger partial charge in [0.05, 0.1) is 6.10 Å². The van der Waals surface area contributed by atoms with Gasteiger partial charge < -0.3 is 9.84 Å². The zero-order valence-corrected chi connectivity index (χ0v) is 12.3. The summed E-state index contributed by atoms with van der Waals surface area (Å²) >= 11 is 3.29. The molecule has 0 saturated heterocycles. The summed E-state index contributed by atoms with van der Waals surface area (Å²) in [6.45, 7) is 0. The fraction of sp³-hybridized carbons (Fsp3) is 0.250. The summed E-state index contributed by atoms with van der Waals surface area (Å²) in [4.78, 5) is 0. The molecule has 1 aliphatic rings. The Morgan fingerprint density at radius 3 is 2.75 bits per heavy atom. The fourth-order valence-corrected chi connectivity index (χ4v) is 2.42. The van der Waals surface area contributed by atoms with Gasteiger partial charge in [0, 0.05) is 10.0 Å². The van der Waals surface area contributed by atoms with E-state index >= 15 is 0 Å². The summed E-state index contributed by atoms with van der Waals surface area (Å²) in [6.07, 6.45) is 1.44. The van der Waals surface area contributed by atoms with Crippen LogP contribution in [0.1, 0.15) is 30.1 Å². The first-order valence-corrected chi connectivity index (χ1v) is 7.32. The van der Waals surface area contributed by atoms with Crippen LogP contribution in [0.2, 0.25) is 0 Å². The van der Waals surface area contributed by atoms with E-state index < -0.39 is 11.9 Å². The molecule has 20 heavy (non-hydrogen) atoms. The van der Waals surface area contributed by atoms with E-state index in [4.69, 9.17) is 4.74 Å². The molecule has 3 rings (SSSR count). The Morgan fingerprint density at radius 1 is 1.20 bits per heavy atom. The Morgan fingerprint density at radius 2 is 2.00 bits per heavy atom. The van der Waals surface area contributed by atoms with Crippen LogP contribution in [0.15, 0.2) is 46.9 Å². The molecule has 1 fully saturated rings. The van der Waals surface area contributed by atoms with E-state index in [1.54, 1.807) is 24.3 Å². The van der Waals surface area contributed by atoms with Gasteiger partial charge in [0.1, 0.15) is 17.7 Å². The molecule has 1 saturated carbocycles. The predicted octanol–water partition coefficient (Wildman–Crippen LogP) is 4.21. The largest absolute Gasteiger partial charge is 0.490 e. The molecule has 0 spiro atoms. The Balaban J connectivity index is 1.88. The Bertz CT molecular complexity index is 626. The molecule has 1 unspecified atom stereocenters. The minimum atomic E-state index is -1.00. The molecule has 1 N–H and O–H groups in total. The van der Waals surface area contributed by atoms with Crippen LogP contribution in [0, 0.1) is 5.82 Å². The molecule has 0 aromatic heterocycles. The molecule has 0 radical (unpaired) electrons. The van der Waals surface area contributed by atoms with Crippen molar-refractivity contribution in [3.05, 3.63) is 63.9 Å². The van der Waals surface area contributed by atoms with Crippen molar-refractivity contribution in [2.75, 3.05) is 0 Å². The minimum Gasteiger partial charge on any atom is -0.490 e. The van der Waals surface area contributed by atoms with Crippen molar-refractivity contribution in [1.29, 1.82) is 0 Å². The fourth-order valence-electron chi connectivity index (χ4n) is 2.04. The molecule has 1 aliphatic carbocycles. The maximum atomic E-state index is 13.8. The quantitative estimate of drug-likeness (QED) is 0.906. The van der Waals surface area contributed by atoms with E-state index in [1.165, 1.54) is 6.07 Å². The van der Waals surface area contributed by atoms with Gasteiger partial charge in [0.2, 0.25) is 0 Å². The number of hydrogen-bond acceptors (Lipinski definition) is 2. The van der Waals surface area contributed by atoms with Crippen LogP contribution in [-0.2, 0) is 0 Å². The number of halogens is 2. The first kappa shape index (κ1) is 13.6. The highest BCUT2D eigenvalue weighted by Gasteiger charge is 2.24. The van der Waals surface area contributed by atoms with Crippen molar-refractivity contribution in [3.8, 4) is 5.75 Å². The third-order valence-corrected chi connectivity index (χ3v) is 3.75. The van der Waals surface area contributed by atoms with E-state index in [2.05, 4.69) is 15.9 Å². The van der Waals surface area contributed by atoms with Crippen LogP contribution >= 0.6 is 15.9 Å². The molecule has 0 heterocycles. The molecule has 104 valence electrons. The monoisotopic (exact) mass is 336 g/mol. The van der Waals surface area contributed by atoms with Gasteiger partial charge in [0.15, 0.2) is 0 Å². The summed E-state index contributed by atoms with van der Waals surface area (Å²) in [5.74, 6) is 0.300. The van der Waals surface area contributed by atoms with E-state index in [1.807, 2.05) is 12.1 Å². The predicted molar refractivity (Wildman–Crippen MR) is 78.3 cm³/mol. The topological polar surface area (TPSA) is 29.5 Å². The highest BCUT2D eigenvalue weighted by molar-refractivity contribution is 9.10. The number of aliphatic hydroxyl groups is 1. The van der Waals surface area contributed by atoms with Crippen LogP contribution in [-0.4, -0.2) is 11.2 Å². The second kappa shape index (κ2) is 5.54. The molecule has 4 heteroatoms. The first-order chi connectivity index (χ1) is 9.63. The molecule has 0 aliphatic heterocycles. The van der Waals surface area contributed by atoms with Crippen molar-refractivity contribution in [1.82, 2.24) is 0 Å². The van der Waals surface area contributed by atoms with Crippen LogP contribution in [0.25, 0.3) is 0 Å². The van der Waals surface area contributed by atoms with E-state index in [0.717, 1.165) is 23.1 Å². The number of hydrogen-bond donors (Lipinski definition) is 1. The standard InChI is InChI=1S/C16H14BrFO2/c17-11-4-7-15(18)14(9-11)16(19)10-2-1-3-13(8-10)20-12-5-6-12/h1-4,7-9,12,16,19H,5-6H2. The summed E-state index contributed by atoms with van der Waals surface area (Å²) in [6, 6.07) is 11.7. The smallest absolute Gasteiger partial charge is 0.129 e. The lowest BCUT2D eigenvalue weighted by Gasteiger charge is -2.14. The second-order valence-corrected chi connectivity index (χ2v) is 5.87. The van der Waals surface area contributed by atoms with Crippen molar-refractivity contribution in [2.24, 2.45) is 0 Å². The maximum Gasteiger partial charge on any atom is 0.129 e. The lowest BCUT2D eigenvalue weighted by atomic mass is 10.0. The average molecular weight is 337 g/mol. The summed E-state index contributed by atoms with van der Waals surface area (Å²) in [7, 11) is 0. The second-order valence-electron chi connectivity index (χ2n) is 4.96. The van der Waals surface area contributed by atoms with Gasteiger partial charge in [-0.05, 0) is 48.7 Å². The Hall–Kier alpha value is -1.39. The molecule has 0 bridgehead atoms. The first-order valence-electron chi connectivity index (χ1n) is 6.53. The molecule has 1 atom stereocenters. The number of rotatable bonds is 4. The third kappa shape index (κ3) is 3.02. The highest BCUT2D eigenvalue weighted by Crippen LogP contribution is 2.31. The van der Waals surface area contributed by atoms with Gasteiger partial charge in [-0.25, -0.2) is 4.39 Å². The van der Waals surface area contributed by atoms with Crippen molar-refractivity contribution < 1.29 is 14.2 Å². The Kier molecular flexibility index (Phi) is 3.76. The Labute approximate surface area is 125 Å². The summed E-state index contributed by atoms with van der Waals surface area (Å²) in [5, 5.41) is 10.4. The average Bonchev–Trinajstić information content (AvgIpc) is 3.25. The zero-order valence-electron chi connectivity index (χ0n) is 10.7. The van der Waals surface area contributed by atoms with Crippen LogP contribution < -0.4 is 4.74 Å². The van der Waals surface area contributed by atoms with Gasteiger partial charge in [-0.2, -0.15) is 0 Å². The third-order valence-electron chi connectivity index (χ3n) is 3.25. The maximum absolute atomic E-state index is 13.8. The molecule has 2 aromatic rings. The molecule has 2 nitrogen and oxygen atoms in total. The van der Waals surface area contributed by atoms with Crippen molar-refractivity contribution in [2.45, 2.75) is 25.0 Å². The van der Waals surface area contributed by atoms with E-state index in [9.17, 15) is 9.50 Å². The van der Waals surface area contributed by atoms with Gasteiger partial charge in [0.25, 0.3) is 0 Å². The van der Waals surface area contributed by atoms with Gasteiger partial charge in [-0.15, -0.1) is 0 Å². The van der Waals surface area contributed by atoms with Crippen LogP contribution in [0.3, 0.4) is 0 Å². The summed E-state index contributed by atoms with van der Waals surface area (Å²) < 4.78 is 20.2. The summed E-state index contributed by atoms with van der Waals surface area (Å²) in [5.41, 5.74) is 0.878.